The Bertz CT molecular complexity index is 147. The average molecular weight is 202 g/mol. The molecule has 1 aliphatic heterocycles. The molecule has 0 spiro atoms. The molecule has 3 N–H and O–H groups in total. The van der Waals surface area contributed by atoms with Gasteiger partial charge in [-0.1, -0.05) is 0 Å². The Morgan fingerprint density at radius 3 is 2.64 bits per heavy atom. The minimum Gasteiger partial charge on any atom is -0.394 e. The van der Waals surface area contributed by atoms with Crippen molar-refractivity contribution in [3.05, 3.63) is 0 Å². The van der Waals surface area contributed by atoms with Crippen LogP contribution in [-0.4, -0.2) is 55.0 Å². The first-order valence-electron chi connectivity index (χ1n) is 5.44. The van der Waals surface area contributed by atoms with Crippen LogP contribution in [-0.2, 0) is 4.74 Å². The number of ether oxygens (including phenoxy) is 1. The van der Waals surface area contributed by atoms with Gasteiger partial charge in [-0.3, -0.25) is 4.90 Å². The summed E-state index contributed by atoms with van der Waals surface area (Å²) in [5.74, 6) is 0. The minimum atomic E-state index is 0.124. The summed E-state index contributed by atoms with van der Waals surface area (Å²) in [6.45, 7) is 5.61. The summed E-state index contributed by atoms with van der Waals surface area (Å²) in [5.41, 5.74) is 5.61. The zero-order valence-electron chi connectivity index (χ0n) is 8.98. The number of hydrogen-bond acceptors (Lipinski definition) is 4. The first-order valence-corrected chi connectivity index (χ1v) is 5.44. The molecule has 0 aromatic heterocycles. The summed E-state index contributed by atoms with van der Waals surface area (Å²) >= 11 is 0. The maximum Gasteiger partial charge on any atom is 0.0701 e. The minimum absolute atomic E-state index is 0.124. The largest absolute Gasteiger partial charge is 0.394 e. The number of hydrogen-bond donors (Lipinski definition) is 2. The number of likely N-dealkylation sites (tertiary alicyclic amines) is 1. The molecule has 1 fully saturated rings. The maximum atomic E-state index is 8.62. The van der Waals surface area contributed by atoms with E-state index >= 15 is 0 Å². The number of nitrogens with two attached hydrogens (primary N) is 1. The van der Waals surface area contributed by atoms with Gasteiger partial charge in [-0.2, -0.15) is 0 Å². The molecule has 0 saturated carbocycles. The van der Waals surface area contributed by atoms with Crippen LogP contribution in [0.1, 0.15) is 19.8 Å². The third-order valence-electron chi connectivity index (χ3n) is 2.89. The molecule has 1 rings (SSSR count). The highest BCUT2D eigenvalue weighted by atomic mass is 16.5. The van der Waals surface area contributed by atoms with E-state index in [9.17, 15) is 0 Å². The predicted molar refractivity (Wildman–Crippen MR) is 56.1 cm³/mol. The fraction of sp³-hybridized carbons (Fsp3) is 1.00. The third-order valence-corrected chi connectivity index (χ3v) is 2.89. The van der Waals surface area contributed by atoms with Crippen molar-refractivity contribution >= 4 is 0 Å². The van der Waals surface area contributed by atoms with E-state index in [1.165, 1.54) is 0 Å². The van der Waals surface area contributed by atoms with Crippen molar-refractivity contribution in [2.24, 2.45) is 5.73 Å². The van der Waals surface area contributed by atoms with Crippen LogP contribution >= 0.6 is 0 Å². The number of aliphatic hydroxyl groups is 1. The van der Waals surface area contributed by atoms with Gasteiger partial charge in [-0.25, -0.2) is 0 Å². The summed E-state index contributed by atoms with van der Waals surface area (Å²) in [6, 6.07) is 0.480. The highest BCUT2D eigenvalue weighted by Crippen LogP contribution is 2.15. The van der Waals surface area contributed by atoms with Crippen LogP contribution in [0.5, 0.6) is 0 Å². The lowest BCUT2D eigenvalue weighted by atomic mass is 10.1. The zero-order chi connectivity index (χ0) is 10.4. The van der Waals surface area contributed by atoms with E-state index in [1.54, 1.807) is 0 Å². The van der Waals surface area contributed by atoms with Gasteiger partial charge >= 0.3 is 0 Å². The lowest BCUT2D eigenvalue weighted by Crippen LogP contribution is -2.45. The molecular weight excluding hydrogens is 180 g/mol. The van der Waals surface area contributed by atoms with Crippen LogP contribution in [0.4, 0.5) is 0 Å². The van der Waals surface area contributed by atoms with E-state index in [1.807, 2.05) is 0 Å². The van der Waals surface area contributed by atoms with Crippen molar-refractivity contribution in [1.82, 2.24) is 4.90 Å². The molecule has 4 heteroatoms. The molecule has 1 saturated heterocycles. The Kier molecular flexibility index (Phi) is 5.40. The van der Waals surface area contributed by atoms with Crippen molar-refractivity contribution < 1.29 is 9.84 Å². The first-order chi connectivity index (χ1) is 6.77. The monoisotopic (exact) mass is 202 g/mol. The summed E-state index contributed by atoms with van der Waals surface area (Å²) in [4.78, 5) is 2.40. The van der Waals surface area contributed by atoms with Gasteiger partial charge < -0.3 is 15.6 Å². The topological polar surface area (TPSA) is 58.7 Å². The van der Waals surface area contributed by atoms with E-state index < -0.39 is 0 Å². The number of rotatable bonds is 5. The second-order valence-corrected chi connectivity index (χ2v) is 3.91. The Morgan fingerprint density at radius 2 is 2.14 bits per heavy atom. The van der Waals surface area contributed by atoms with E-state index in [0.29, 0.717) is 18.8 Å². The molecule has 1 aliphatic rings. The second-order valence-electron chi connectivity index (χ2n) is 3.91. The lowest BCUT2D eigenvalue weighted by Gasteiger charge is -2.35. The quantitative estimate of drug-likeness (QED) is 0.648. The third kappa shape index (κ3) is 3.53. The molecule has 0 amide bonds. The van der Waals surface area contributed by atoms with E-state index in [0.717, 1.165) is 32.5 Å². The zero-order valence-corrected chi connectivity index (χ0v) is 8.98. The maximum absolute atomic E-state index is 8.62. The molecule has 1 atom stereocenters. The first kappa shape index (κ1) is 11.9. The van der Waals surface area contributed by atoms with Gasteiger partial charge in [0.25, 0.3) is 0 Å². The molecular formula is C10H22N2O2. The Balaban J connectivity index is 2.17. The van der Waals surface area contributed by atoms with Gasteiger partial charge in [0.2, 0.25) is 0 Å². The van der Waals surface area contributed by atoms with Crippen LogP contribution in [0.2, 0.25) is 0 Å². The lowest BCUT2D eigenvalue weighted by molar-refractivity contribution is -0.0132. The van der Waals surface area contributed by atoms with Crippen LogP contribution in [0.15, 0.2) is 0 Å². The summed E-state index contributed by atoms with van der Waals surface area (Å²) in [5, 5.41) is 8.62. The Morgan fingerprint density at radius 1 is 1.50 bits per heavy atom. The van der Waals surface area contributed by atoms with Crippen molar-refractivity contribution in [2.45, 2.75) is 31.9 Å². The van der Waals surface area contributed by atoms with Crippen molar-refractivity contribution in [3.63, 3.8) is 0 Å². The van der Waals surface area contributed by atoms with E-state index in [2.05, 4.69) is 11.8 Å². The number of aliphatic hydroxyl groups excluding tert-OH is 1. The van der Waals surface area contributed by atoms with Gasteiger partial charge in [0, 0.05) is 25.7 Å². The van der Waals surface area contributed by atoms with Crippen LogP contribution < -0.4 is 5.73 Å². The molecule has 1 heterocycles. The van der Waals surface area contributed by atoms with Crippen LogP contribution in [0.25, 0.3) is 0 Å². The molecule has 0 aromatic rings. The van der Waals surface area contributed by atoms with Gasteiger partial charge in [-0.15, -0.1) is 0 Å². The Hall–Kier alpha value is -0.160. The second kappa shape index (κ2) is 6.35. The predicted octanol–water partition coefficient (Wildman–Crippen LogP) is -0.193. The van der Waals surface area contributed by atoms with Gasteiger partial charge in [0.15, 0.2) is 0 Å². The molecule has 1 unspecified atom stereocenters. The van der Waals surface area contributed by atoms with Crippen molar-refractivity contribution in [1.29, 1.82) is 0 Å². The molecule has 0 aromatic carbocycles. The molecule has 0 radical (unpaired) electrons. The molecule has 0 bridgehead atoms. The van der Waals surface area contributed by atoms with Gasteiger partial charge in [0.1, 0.15) is 0 Å². The molecule has 0 aliphatic carbocycles. The average Bonchev–Trinajstić information content (AvgIpc) is 2.26. The highest BCUT2D eigenvalue weighted by molar-refractivity contribution is 4.76. The standard InChI is InChI=1S/C10H22N2O2/c1-9(8-11)12-4-2-10(3-5-12)14-7-6-13/h9-10,13H,2-8,11H2,1H3. The summed E-state index contributed by atoms with van der Waals surface area (Å²) in [6.07, 6.45) is 2.46. The fourth-order valence-electron chi connectivity index (χ4n) is 1.85. The molecule has 84 valence electrons. The SMILES string of the molecule is CC(CN)N1CCC(OCCO)CC1. The van der Waals surface area contributed by atoms with Crippen molar-refractivity contribution in [2.75, 3.05) is 32.8 Å². The molecule has 4 nitrogen and oxygen atoms in total. The molecule has 14 heavy (non-hydrogen) atoms. The summed E-state index contributed by atoms with van der Waals surface area (Å²) in [7, 11) is 0. The number of piperidine rings is 1. The van der Waals surface area contributed by atoms with Crippen LogP contribution in [0.3, 0.4) is 0 Å². The van der Waals surface area contributed by atoms with Crippen LogP contribution in [0, 0.1) is 0 Å². The van der Waals surface area contributed by atoms with Gasteiger partial charge in [-0.05, 0) is 19.8 Å². The highest BCUT2D eigenvalue weighted by Gasteiger charge is 2.21. The number of nitrogens with zero attached hydrogens (tertiary/aromatic N) is 1. The van der Waals surface area contributed by atoms with Gasteiger partial charge in [0.05, 0.1) is 19.3 Å². The van der Waals surface area contributed by atoms with E-state index in [4.69, 9.17) is 15.6 Å². The van der Waals surface area contributed by atoms with Crippen molar-refractivity contribution in [3.8, 4) is 0 Å². The smallest absolute Gasteiger partial charge is 0.0701 e. The fourth-order valence-corrected chi connectivity index (χ4v) is 1.85. The Labute approximate surface area is 86.0 Å². The van der Waals surface area contributed by atoms with E-state index in [-0.39, 0.29) is 6.61 Å². The normalized spacial score (nSPS) is 22.5. The summed E-state index contributed by atoms with van der Waals surface area (Å²) < 4.78 is 5.49.